The Hall–Kier alpha value is -3.90. The summed E-state index contributed by atoms with van der Waals surface area (Å²) in [6.45, 7) is 4.38. The number of carbonyl (C=O) groups is 2. The molecule has 1 fully saturated rings. The summed E-state index contributed by atoms with van der Waals surface area (Å²) in [7, 11) is 2.06. The zero-order valence-electron chi connectivity index (χ0n) is 21.8. The molecule has 0 spiro atoms. The van der Waals surface area contributed by atoms with E-state index in [-0.39, 0.29) is 36.6 Å². The van der Waals surface area contributed by atoms with E-state index in [2.05, 4.69) is 38.0 Å². The van der Waals surface area contributed by atoms with Gasteiger partial charge in [-0.2, -0.15) is 10.2 Å². The van der Waals surface area contributed by atoms with E-state index in [0.29, 0.717) is 41.4 Å². The van der Waals surface area contributed by atoms with Crippen molar-refractivity contribution in [3.63, 3.8) is 0 Å². The first-order chi connectivity index (χ1) is 18.6. The number of aromatic amines is 1. The van der Waals surface area contributed by atoms with Crippen molar-refractivity contribution in [3.8, 4) is 28.3 Å². The lowest BCUT2D eigenvalue weighted by molar-refractivity contribution is 0.104. The number of ether oxygens (including phenoxy) is 1. The molecule has 2 aromatic heterocycles. The third-order valence-corrected chi connectivity index (χ3v) is 6.84. The molecule has 0 unspecified atom stereocenters. The van der Waals surface area contributed by atoms with E-state index >= 15 is 0 Å². The van der Waals surface area contributed by atoms with Crippen LogP contribution < -0.4 is 15.5 Å². The number of hydrazine groups is 1. The van der Waals surface area contributed by atoms with Crippen molar-refractivity contribution in [1.29, 1.82) is 0 Å². The maximum atomic E-state index is 13.6. The number of H-pyrrole nitrogens is 1. The van der Waals surface area contributed by atoms with Crippen LogP contribution >= 0.6 is 24.8 Å². The molecule has 11 nitrogen and oxygen atoms in total. The predicted molar refractivity (Wildman–Crippen MR) is 156 cm³/mol. The van der Waals surface area contributed by atoms with Crippen molar-refractivity contribution < 1.29 is 14.3 Å². The van der Waals surface area contributed by atoms with Crippen LogP contribution in [0, 0.1) is 0 Å². The second-order valence-corrected chi connectivity index (χ2v) is 9.38. The Balaban J connectivity index is 0.00000185. The molecule has 40 heavy (non-hydrogen) atoms. The minimum atomic E-state index is -0.368. The van der Waals surface area contributed by atoms with Gasteiger partial charge in [0.05, 0.1) is 29.1 Å². The highest BCUT2D eigenvalue weighted by Gasteiger charge is 2.35. The van der Waals surface area contributed by atoms with Crippen LogP contribution in [0.1, 0.15) is 15.9 Å². The number of benzene rings is 2. The van der Waals surface area contributed by atoms with Crippen molar-refractivity contribution in [2.24, 2.45) is 0 Å². The summed E-state index contributed by atoms with van der Waals surface area (Å²) < 4.78 is 7.63. The highest BCUT2D eigenvalue weighted by Crippen LogP contribution is 2.43. The van der Waals surface area contributed by atoms with Crippen molar-refractivity contribution in [1.82, 2.24) is 35.3 Å². The Labute approximate surface area is 243 Å². The van der Waals surface area contributed by atoms with Crippen molar-refractivity contribution in [3.05, 3.63) is 72.1 Å². The summed E-state index contributed by atoms with van der Waals surface area (Å²) in [5.41, 5.74) is 7.05. The molecule has 0 bridgehead atoms. The Morgan fingerprint density at radius 2 is 1.80 bits per heavy atom. The maximum absolute atomic E-state index is 13.6. The summed E-state index contributed by atoms with van der Waals surface area (Å²) in [6, 6.07) is 14.4. The molecule has 2 aromatic carbocycles. The molecule has 2 amide bonds. The number of likely N-dealkylation sites (N-methyl/N-ethyl adjacent to an activating group) is 1. The van der Waals surface area contributed by atoms with Gasteiger partial charge in [-0.1, -0.05) is 12.1 Å². The second-order valence-electron chi connectivity index (χ2n) is 9.38. The predicted octanol–water partition coefficient (Wildman–Crippen LogP) is 3.69. The minimum absolute atomic E-state index is 0. The average Bonchev–Trinajstić information content (AvgIpc) is 3.65. The van der Waals surface area contributed by atoms with Gasteiger partial charge >= 0.3 is 6.03 Å². The van der Waals surface area contributed by atoms with Gasteiger partial charge < -0.3 is 15.0 Å². The average molecular weight is 585 g/mol. The fourth-order valence-electron chi connectivity index (χ4n) is 4.81. The van der Waals surface area contributed by atoms with Crippen LogP contribution in [-0.2, 0) is 6.54 Å². The van der Waals surface area contributed by atoms with Gasteiger partial charge in [0, 0.05) is 49.7 Å². The molecule has 1 saturated heterocycles. The Bertz CT molecular complexity index is 1470. The van der Waals surface area contributed by atoms with Gasteiger partial charge in [-0.3, -0.25) is 20.0 Å². The molecule has 6 rings (SSSR count). The van der Waals surface area contributed by atoms with Gasteiger partial charge in [0.1, 0.15) is 18.1 Å². The zero-order valence-corrected chi connectivity index (χ0v) is 23.4. The molecule has 0 saturated carbocycles. The number of ketones is 1. The normalized spacial score (nSPS) is 14.5. The number of amides is 2. The molecular weight excluding hydrogens is 555 g/mol. The topological polar surface area (TPSA) is 120 Å². The summed E-state index contributed by atoms with van der Waals surface area (Å²) in [6.07, 6.45) is 3.62. The first-order valence-electron chi connectivity index (χ1n) is 12.5. The van der Waals surface area contributed by atoms with Crippen LogP contribution in [0.5, 0.6) is 5.75 Å². The lowest BCUT2D eigenvalue weighted by atomic mass is 10.0. The summed E-state index contributed by atoms with van der Waals surface area (Å²) in [5, 5.41) is 16.4. The highest BCUT2D eigenvalue weighted by atomic mass is 35.5. The molecular formula is C27H30Cl2N8O3. The van der Waals surface area contributed by atoms with Gasteiger partial charge in [-0.05, 0) is 43.4 Å². The van der Waals surface area contributed by atoms with E-state index in [1.807, 2.05) is 58.4 Å². The number of fused-ring (bicyclic) bond motifs is 3. The van der Waals surface area contributed by atoms with Crippen LogP contribution in [0.25, 0.3) is 22.5 Å². The van der Waals surface area contributed by atoms with E-state index < -0.39 is 0 Å². The third kappa shape index (κ3) is 5.82. The van der Waals surface area contributed by atoms with Crippen LogP contribution in [-0.4, -0.2) is 81.5 Å². The molecule has 3 N–H and O–H groups in total. The van der Waals surface area contributed by atoms with Crippen LogP contribution in [0.15, 0.2) is 60.9 Å². The monoisotopic (exact) mass is 584 g/mol. The fourth-order valence-corrected chi connectivity index (χ4v) is 4.81. The summed E-state index contributed by atoms with van der Waals surface area (Å²) in [5.74, 6) is 0.550. The Morgan fingerprint density at radius 3 is 2.52 bits per heavy atom. The third-order valence-electron chi connectivity index (χ3n) is 6.84. The van der Waals surface area contributed by atoms with Crippen LogP contribution in [0.2, 0.25) is 0 Å². The van der Waals surface area contributed by atoms with Crippen molar-refractivity contribution in [2.45, 2.75) is 6.54 Å². The van der Waals surface area contributed by atoms with Gasteiger partial charge in [-0.15, -0.1) is 24.8 Å². The molecule has 13 heteroatoms. The second kappa shape index (κ2) is 12.5. The number of rotatable bonds is 7. The molecule has 1 aliphatic carbocycles. The van der Waals surface area contributed by atoms with E-state index in [9.17, 15) is 9.59 Å². The molecule has 3 heterocycles. The molecule has 2 aliphatic rings. The lowest BCUT2D eigenvalue weighted by Gasteiger charge is -2.32. The Morgan fingerprint density at radius 1 is 1.02 bits per heavy atom. The number of nitrogens with zero attached hydrogens (tertiary/aromatic N) is 5. The number of piperazine rings is 1. The van der Waals surface area contributed by atoms with Gasteiger partial charge in [0.15, 0.2) is 5.78 Å². The number of carbonyl (C=O) groups excluding carboxylic acids is 2. The maximum Gasteiger partial charge on any atom is 0.333 e. The lowest BCUT2D eigenvalue weighted by Crippen LogP contribution is -2.53. The van der Waals surface area contributed by atoms with E-state index in [4.69, 9.17) is 4.74 Å². The fraction of sp³-hybridized carbons (Fsp3) is 0.259. The van der Waals surface area contributed by atoms with Crippen LogP contribution in [0.4, 0.5) is 10.5 Å². The Kier molecular flexibility index (Phi) is 9.10. The summed E-state index contributed by atoms with van der Waals surface area (Å²) in [4.78, 5) is 28.5. The number of halogens is 2. The van der Waals surface area contributed by atoms with E-state index in [1.54, 1.807) is 12.3 Å². The number of anilines is 1. The van der Waals surface area contributed by atoms with Crippen LogP contribution in [0.3, 0.4) is 0 Å². The number of hydrogen-bond donors (Lipinski definition) is 3. The number of nitrogens with one attached hydrogen (secondary N) is 3. The SMILES string of the molecule is CN1CCN(NC(=O)Nc2cccc3c2C(=O)c2c(-c4ccc(OCCn5cccn5)cc4)n[nH]c2-3)CC1.Cl.Cl. The van der Waals surface area contributed by atoms with Crippen molar-refractivity contribution >= 4 is 42.3 Å². The van der Waals surface area contributed by atoms with Gasteiger partial charge in [0.2, 0.25) is 0 Å². The first-order valence-corrected chi connectivity index (χ1v) is 12.5. The van der Waals surface area contributed by atoms with Gasteiger partial charge in [0.25, 0.3) is 0 Å². The molecule has 4 aromatic rings. The largest absolute Gasteiger partial charge is 0.492 e. The smallest absolute Gasteiger partial charge is 0.333 e. The zero-order chi connectivity index (χ0) is 26.1. The molecule has 1 aliphatic heterocycles. The molecule has 210 valence electrons. The van der Waals surface area contributed by atoms with E-state index in [1.165, 1.54) is 0 Å². The quantitative estimate of drug-likeness (QED) is 0.267. The number of aromatic nitrogens is 4. The standard InChI is InChI=1S/C27H28N8O3.2ClH/c1-33-12-14-35(15-13-33)32-27(37)29-21-5-2-4-20-22(21)26(36)23-24(30-31-25(20)23)18-6-8-19(9-7-18)38-17-16-34-11-3-10-28-34;;/h2-11H,12-17H2,1H3,(H,30,31)(H2,29,32,37);2*1H. The number of hydrogen-bond acceptors (Lipinski definition) is 7. The van der Waals surface area contributed by atoms with Gasteiger partial charge in [-0.25, -0.2) is 9.80 Å². The molecule has 0 atom stereocenters. The highest BCUT2D eigenvalue weighted by molar-refractivity contribution is 6.26. The summed E-state index contributed by atoms with van der Waals surface area (Å²) >= 11 is 0. The molecule has 0 radical (unpaired) electrons. The first kappa shape index (κ1) is 29.1. The van der Waals surface area contributed by atoms with E-state index in [0.717, 1.165) is 43.1 Å². The number of urea groups is 1. The minimum Gasteiger partial charge on any atom is -0.492 e. The van der Waals surface area contributed by atoms with Crippen molar-refractivity contribution in [2.75, 3.05) is 45.2 Å².